The van der Waals surface area contributed by atoms with E-state index < -0.39 is 5.97 Å². The van der Waals surface area contributed by atoms with Crippen LogP contribution in [-0.4, -0.2) is 33.5 Å². The fourth-order valence-electron chi connectivity index (χ4n) is 2.78. The van der Waals surface area contributed by atoms with E-state index in [0.29, 0.717) is 5.92 Å². The summed E-state index contributed by atoms with van der Waals surface area (Å²) in [5.41, 5.74) is 0. The number of aliphatic carboxylic acids is 1. The van der Waals surface area contributed by atoms with Crippen LogP contribution in [0.25, 0.3) is 0 Å². The summed E-state index contributed by atoms with van der Waals surface area (Å²) in [6.07, 6.45) is 2.86. The van der Waals surface area contributed by atoms with Crippen molar-refractivity contribution in [2.75, 3.05) is 6.54 Å². The molecule has 0 amide bonds. The molecule has 3 aliphatic rings. The molecular weight excluding hydrogens is 212 g/mol. The van der Waals surface area contributed by atoms with Crippen LogP contribution >= 0.6 is 11.3 Å². The summed E-state index contributed by atoms with van der Waals surface area (Å²) in [5.74, 6) is -0.365. The number of nitrogens with zero attached hydrogens (tertiary/aromatic N) is 2. The third kappa shape index (κ3) is 1.38. The van der Waals surface area contributed by atoms with E-state index in [0.717, 1.165) is 24.5 Å². The third-order valence-electron chi connectivity index (χ3n) is 3.51. The molecule has 80 valence electrons. The predicted molar refractivity (Wildman–Crippen MR) is 55.5 cm³/mol. The lowest BCUT2D eigenvalue weighted by Crippen LogP contribution is -2.43. The third-order valence-corrected chi connectivity index (χ3v) is 4.28. The Labute approximate surface area is 91.5 Å². The second kappa shape index (κ2) is 3.28. The topological polar surface area (TPSA) is 53.4 Å². The lowest BCUT2D eigenvalue weighted by molar-refractivity contribution is -0.147. The largest absolute Gasteiger partial charge is 0.481 e. The van der Waals surface area contributed by atoms with Crippen molar-refractivity contribution in [2.24, 2.45) is 11.8 Å². The first-order valence-electron chi connectivity index (χ1n) is 5.11. The van der Waals surface area contributed by atoms with Gasteiger partial charge < -0.3 is 5.11 Å². The van der Waals surface area contributed by atoms with Gasteiger partial charge >= 0.3 is 5.97 Å². The van der Waals surface area contributed by atoms with Gasteiger partial charge in [0.25, 0.3) is 0 Å². The van der Waals surface area contributed by atoms with Crippen LogP contribution in [0.3, 0.4) is 0 Å². The van der Waals surface area contributed by atoms with Gasteiger partial charge in [0.2, 0.25) is 0 Å². The molecule has 3 heterocycles. The second-order valence-electron chi connectivity index (χ2n) is 4.28. The minimum absolute atomic E-state index is 0.120. The van der Waals surface area contributed by atoms with Crippen LogP contribution in [0.5, 0.6) is 0 Å². The van der Waals surface area contributed by atoms with Crippen molar-refractivity contribution in [3.05, 3.63) is 16.6 Å². The van der Waals surface area contributed by atoms with E-state index in [-0.39, 0.29) is 12.0 Å². The van der Waals surface area contributed by atoms with Gasteiger partial charge in [0, 0.05) is 24.2 Å². The highest BCUT2D eigenvalue weighted by Gasteiger charge is 2.55. The fourth-order valence-corrected chi connectivity index (χ4v) is 3.42. The molecule has 4 nitrogen and oxygen atoms in total. The molecule has 1 saturated carbocycles. The predicted octanol–water partition coefficient (Wildman–Crippen LogP) is 1.05. The summed E-state index contributed by atoms with van der Waals surface area (Å²) < 4.78 is 0. The summed E-state index contributed by atoms with van der Waals surface area (Å²) in [6.45, 7) is 1.75. The summed E-state index contributed by atoms with van der Waals surface area (Å²) in [6, 6.07) is 0.261. The lowest BCUT2D eigenvalue weighted by Gasteiger charge is -2.33. The standard InChI is InChI=1S/C10H12N2O2S/c13-10(14)9-6-3-7(9)12(4-6)5-8-11-1-2-15-8/h1-2,6-7,9H,3-5H2,(H,13,14). The number of thiazole rings is 1. The Morgan fingerprint density at radius 3 is 3.20 bits per heavy atom. The molecule has 5 heteroatoms. The molecule has 0 aromatic carbocycles. The minimum atomic E-state index is -0.627. The van der Waals surface area contributed by atoms with Gasteiger partial charge in [0.1, 0.15) is 5.01 Å². The summed E-state index contributed by atoms with van der Waals surface area (Å²) >= 11 is 1.64. The number of fused-ring (bicyclic) bond motifs is 1. The number of aromatic nitrogens is 1. The maximum atomic E-state index is 11.0. The van der Waals surface area contributed by atoms with Crippen LogP contribution in [0.2, 0.25) is 0 Å². The van der Waals surface area contributed by atoms with Crippen molar-refractivity contribution in [1.82, 2.24) is 9.88 Å². The van der Waals surface area contributed by atoms with E-state index in [2.05, 4.69) is 9.88 Å². The van der Waals surface area contributed by atoms with Gasteiger partial charge in [-0.2, -0.15) is 0 Å². The van der Waals surface area contributed by atoms with Crippen LogP contribution in [0, 0.1) is 11.8 Å². The molecule has 1 N–H and O–H groups in total. The Balaban J connectivity index is 1.69. The average molecular weight is 224 g/mol. The minimum Gasteiger partial charge on any atom is -0.481 e. The average Bonchev–Trinajstić information content (AvgIpc) is 2.77. The van der Waals surface area contributed by atoms with E-state index in [1.165, 1.54) is 0 Å². The van der Waals surface area contributed by atoms with Crippen molar-refractivity contribution >= 4 is 17.3 Å². The van der Waals surface area contributed by atoms with E-state index in [1.54, 1.807) is 17.5 Å². The number of hydrogen-bond donors (Lipinski definition) is 1. The van der Waals surface area contributed by atoms with Crippen molar-refractivity contribution in [3.8, 4) is 0 Å². The van der Waals surface area contributed by atoms with E-state index in [9.17, 15) is 4.79 Å². The first kappa shape index (κ1) is 9.30. The number of carbonyl (C=O) groups is 1. The number of carboxylic acid groups (broad SMARTS) is 1. The fraction of sp³-hybridized carbons (Fsp3) is 0.600. The summed E-state index contributed by atoms with van der Waals surface area (Å²) in [5, 5.41) is 12.1. The second-order valence-corrected chi connectivity index (χ2v) is 5.26. The molecule has 2 saturated heterocycles. The van der Waals surface area contributed by atoms with Crippen molar-refractivity contribution in [1.29, 1.82) is 0 Å². The molecule has 3 fully saturated rings. The van der Waals surface area contributed by atoms with E-state index >= 15 is 0 Å². The normalized spacial score (nSPS) is 34.0. The SMILES string of the molecule is O=C(O)C1C2CC1N(Cc1nccs1)C2. The molecule has 15 heavy (non-hydrogen) atoms. The summed E-state index contributed by atoms with van der Waals surface area (Å²) in [4.78, 5) is 17.4. The molecular formula is C10H12N2O2S. The molecule has 3 unspecified atom stereocenters. The van der Waals surface area contributed by atoms with Gasteiger partial charge in [-0.1, -0.05) is 0 Å². The van der Waals surface area contributed by atoms with Gasteiger partial charge in [0.05, 0.1) is 12.5 Å². The van der Waals surface area contributed by atoms with Gasteiger partial charge in [-0.3, -0.25) is 9.69 Å². The molecule has 1 aromatic rings. The maximum absolute atomic E-state index is 11.0. The maximum Gasteiger partial charge on any atom is 0.308 e. The molecule has 3 atom stereocenters. The molecule has 0 spiro atoms. The number of rotatable bonds is 3. The first-order valence-corrected chi connectivity index (χ1v) is 5.99. The van der Waals surface area contributed by atoms with Gasteiger partial charge in [-0.05, 0) is 12.3 Å². The van der Waals surface area contributed by atoms with E-state index in [4.69, 9.17) is 5.11 Å². The van der Waals surface area contributed by atoms with Crippen molar-refractivity contribution in [2.45, 2.75) is 19.0 Å². The highest BCUT2D eigenvalue weighted by Crippen LogP contribution is 2.46. The van der Waals surface area contributed by atoms with Crippen LogP contribution in [0.4, 0.5) is 0 Å². The molecule has 2 bridgehead atoms. The molecule has 1 aliphatic carbocycles. The van der Waals surface area contributed by atoms with Crippen LogP contribution < -0.4 is 0 Å². The number of hydrogen-bond acceptors (Lipinski definition) is 4. The highest BCUT2D eigenvalue weighted by atomic mass is 32.1. The zero-order chi connectivity index (χ0) is 10.4. The van der Waals surface area contributed by atoms with Gasteiger partial charge in [-0.15, -0.1) is 11.3 Å². The molecule has 4 rings (SSSR count). The van der Waals surface area contributed by atoms with Crippen LogP contribution in [-0.2, 0) is 11.3 Å². The monoisotopic (exact) mass is 224 g/mol. The van der Waals surface area contributed by atoms with Crippen LogP contribution in [0.15, 0.2) is 11.6 Å². The Kier molecular flexibility index (Phi) is 2.03. The van der Waals surface area contributed by atoms with Crippen molar-refractivity contribution < 1.29 is 9.90 Å². The number of carboxylic acids is 1. The Bertz CT molecular complexity index is 379. The van der Waals surface area contributed by atoms with Crippen molar-refractivity contribution in [3.63, 3.8) is 0 Å². The lowest BCUT2D eigenvalue weighted by atomic mass is 9.74. The van der Waals surface area contributed by atoms with Gasteiger partial charge in [-0.25, -0.2) is 4.98 Å². The Hall–Kier alpha value is -0.940. The van der Waals surface area contributed by atoms with E-state index in [1.807, 2.05) is 5.38 Å². The zero-order valence-corrected chi connectivity index (χ0v) is 8.98. The molecule has 2 aliphatic heterocycles. The first-order chi connectivity index (χ1) is 7.25. The van der Waals surface area contributed by atoms with Crippen LogP contribution in [0.1, 0.15) is 11.4 Å². The summed E-state index contributed by atoms with van der Waals surface area (Å²) in [7, 11) is 0. The van der Waals surface area contributed by atoms with Gasteiger partial charge in [0.15, 0.2) is 0 Å². The molecule has 1 aromatic heterocycles. The zero-order valence-electron chi connectivity index (χ0n) is 8.17. The Morgan fingerprint density at radius 2 is 2.60 bits per heavy atom. The highest BCUT2D eigenvalue weighted by molar-refractivity contribution is 7.09. The quantitative estimate of drug-likeness (QED) is 0.833. The smallest absolute Gasteiger partial charge is 0.308 e. The Morgan fingerprint density at radius 1 is 1.73 bits per heavy atom. The molecule has 0 radical (unpaired) electrons.